The molecule has 4 amide bonds. The van der Waals surface area contributed by atoms with Gasteiger partial charge in [0, 0.05) is 109 Å². The predicted octanol–water partition coefficient (Wildman–Crippen LogP) is 7.23. The summed E-state index contributed by atoms with van der Waals surface area (Å²) in [7, 11) is 0. The van der Waals surface area contributed by atoms with E-state index in [2.05, 4.69) is 108 Å². The van der Waals surface area contributed by atoms with E-state index >= 15 is 0 Å². The van der Waals surface area contributed by atoms with E-state index in [0.29, 0.717) is 65.1 Å². The number of primary amides is 1. The minimum Gasteiger partial charge on any atom is -0.478 e. The number of aryl methyl sites for hydroxylation is 3. The number of hydrogen-bond acceptors (Lipinski definition) is 23. The molecule has 0 spiro atoms. The largest absolute Gasteiger partial charge is 0.478 e. The molecule has 556 valence electrons. The maximum Gasteiger partial charge on any atom is 0.341 e. The number of Topliss-reactive ketones (excluding diaryl/α,β-unsaturated/α-hetero) is 3. The van der Waals surface area contributed by atoms with Gasteiger partial charge in [0.25, 0.3) is 5.91 Å². The van der Waals surface area contributed by atoms with Gasteiger partial charge in [-0.05, 0) is 112 Å². The van der Waals surface area contributed by atoms with Gasteiger partial charge >= 0.3 is 11.9 Å². The highest BCUT2D eigenvalue weighted by Gasteiger charge is 2.43. The van der Waals surface area contributed by atoms with Crippen molar-refractivity contribution in [3.05, 3.63) is 175 Å². The topological polar surface area (TPSA) is 423 Å². The number of carbonyl (C=O) groups is 9. The van der Waals surface area contributed by atoms with Gasteiger partial charge in [-0.1, -0.05) is 18.2 Å². The van der Waals surface area contributed by atoms with Crippen LogP contribution >= 0.6 is 60.2 Å². The van der Waals surface area contributed by atoms with Crippen LogP contribution < -0.4 is 11.9 Å². The van der Waals surface area contributed by atoms with Crippen LogP contribution in [0.25, 0.3) is 33.8 Å². The monoisotopic (exact) mass is 1670 g/mol. The molecule has 3 aliphatic heterocycles. The SMILES string of the molecule is CCOC(=O)c1cn(CC(=O)N2C[C@H](F)C[C@H]2C(=O)Cc2cccc(Br)n2)nc1-c1cnc(C)nc1.Cc1ncc(-c2nn(CC(=O)N3C[C@H](F)C[C@H]3C(=O)Cc3cccc(Br)n3)cc2C(=O)O)cn1.Cc1ncc(-c2nn(CC(=O)N3C[C@H](F)C[C@H]3C(=O)Cc3cccc(Br)n3)cc2C(N)=O)cn1.Cl.N. The van der Waals surface area contributed by atoms with E-state index in [0.717, 1.165) is 0 Å². The maximum atomic E-state index is 14.3. The van der Waals surface area contributed by atoms with E-state index in [4.69, 9.17) is 10.5 Å². The molecule has 3 aliphatic rings. The molecule has 0 radical (unpaired) electrons. The van der Waals surface area contributed by atoms with Gasteiger partial charge in [0.05, 0.1) is 69.2 Å². The number of carbonyl (C=O) groups excluding carboxylic acids is 8. The summed E-state index contributed by atoms with van der Waals surface area (Å²) in [4.78, 5) is 155. The Bertz CT molecular complexity index is 4520. The smallest absolute Gasteiger partial charge is 0.341 e. The van der Waals surface area contributed by atoms with Crippen molar-refractivity contribution < 1.29 is 66.2 Å². The number of nitrogens with zero attached hydrogens (tertiary/aromatic N) is 18. The van der Waals surface area contributed by atoms with Crippen molar-refractivity contribution in [1.29, 1.82) is 0 Å². The van der Waals surface area contributed by atoms with Crippen LogP contribution in [0.1, 0.15) is 91.8 Å². The molecule has 0 unspecified atom stereocenters. The molecule has 12 heterocycles. The fourth-order valence-corrected chi connectivity index (χ4v) is 12.8. The first-order valence-electron chi connectivity index (χ1n) is 32.2. The molecular weight excluding hydrogens is 1610 g/mol. The number of ketones is 3. The average molecular weight is 1670 g/mol. The summed E-state index contributed by atoms with van der Waals surface area (Å²) < 4.78 is 53.4. The Kier molecular flexibility index (Phi) is 28.0. The van der Waals surface area contributed by atoms with Crippen LogP contribution in [0.2, 0.25) is 0 Å². The third-order valence-electron chi connectivity index (χ3n) is 16.5. The van der Waals surface area contributed by atoms with Crippen LogP contribution in [0.5, 0.6) is 0 Å². The molecule has 9 aromatic heterocycles. The molecule has 0 aliphatic carbocycles. The zero-order valence-electron chi connectivity index (χ0n) is 57.1. The van der Waals surface area contributed by atoms with Crippen LogP contribution in [0.4, 0.5) is 13.2 Å². The quantitative estimate of drug-likeness (QED) is 0.0445. The van der Waals surface area contributed by atoms with Crippen molar-refractivity contribution in [3.8, 4) is 33.8 Å². The second-order valence-corrected chi connectivity index (χ2v) is 26.6. The van der Waals surface area contributed by atoms with E-state index in [1.54, 1.807) is 82.3 Å². The molecule has 3 fully saturated rings. The highest BCUT2D eigenvalue weighted by molar-refractivity contribution is 9.11. The van der Waals surface area contributed by atoms with Gasteiger partial charge in [-0.3, -0.25) is 47.6 Å². The number of ether oxygens (including phenoxy) is 1. The summed E-state index contributed by atoms with van der Waals surface area (Å²) in [5.74, 6) is -3.37. The zero-order chi connectivity index (χ0) is 74.6. The molecule has 6 atom stereocenters. The Hall–Kier alpha value is -10.4. The predicted molar refractivity (Wildman–Crippen MR) is 385 cm³/mol. The zero-order valence-corrected chi connectivity index (χ0v) is 62.7. The molecule has 0 saturated carbocycles. The number of rotatable bonds is 22. The molecule has 3 saturated heterocycles. The molecule has 38 heteroatoms. The second-order valence-electron chi connectivity index (χ2n) is 24.2. The van der Waals surface area contributed by atoms with Gasteiger partial charge in [-0.15, -0.1) is 12.4 Å². The van der Waals surface area contributed by atoms with Crippen molar-refractivity contribution in [3.63, 3.8) is 0 Å². The lowest BCUT2D eigenvalue weighted by Crippen LogP contribution is -2.43. The second kappa shape index (κ2) is 36.6. The number of likely N-dealkylation sites (tertiary alicyclic amines) is 3. The van der Waals surface area contributed by atoms with Crippen molar-refractivity contribution in [2.24, 2.45) is 5.73 Å². The number of carboxylic acids is 1. The van der Waals surface area contributed by atoms with Gasteiger partial charge in [0.15, 0.2) is 17.3 Å². The number of alkyl halides is 3. The fraction of sp³-hybridized carbons (Fsp3) is 0.338. The number of esters is 1. The summed E-state index contributed by atoms with van der Waals surface area (Å²) >= 11 is 9.78. The summed E-state index contributed by atoms with van der Waals surface area (Å²) in [5.41, 5.74) is 9.10. The molecular formula is C68H69Br3ClF3N20O11. The Morgan fingerprint density at radius 1 is 0.491 bits per heavy atom. The summed E-state index contributed by atoms with van der Waals surface area (Å²) in [6.45, 7) is 5.46. The number of amides is 4. The Balaban J connectivity index is 0.000000199. The van der Waals surface area contributed by atoms with Crippen molar-refractivity contribution in [2.75, 3.05) is 26.2 Å². The first kappa shape index (κ1) is 81.3. The Morgan fingerprint density at radius 3 is 1.08 bits per heavy atom. The molecule has 9 aromatic rings. The number of aromatic carboxylic acids is 1. The van der Waals surface area contributed by atoms with E-state index < -0.39 is 72.2 Å². The van der Waals surface area contributed by atoms with Crippen molar-refractivity contribution >= 4 is 113 Å². The van der Waals surface area contributed by atoms with E-state index in [9.17, 15) is 61.4 Å². The highest BCUT2D eigenvalue weighted by atomic mass is 79.9. The van der Waals surface area contributed by atoms with E-state index in [-0.39, 0.29) is 154 Å². The molecule has 0 bridgehead atoms. The third-order valence-corrected chi connectivity index (χ3v) is 17.9. The molecule has 0 aromatic carbocycles. The lowest BCUT2D eigenvalue weighted by molar-refractivity contribution is -0.138. The maximum absolute atomic E-state index is 14.3. The van der Waals surface area contributed by atoms with Gasteiger partial charge in [-0.25, -0.2) is 67.6 Å². The minimum absolute atomic E-state index is 0. The Labute approximate surface area is 634 Å². The number of aromatic nitrogens is 15. The lowest BCUT2D eigenvalue weighted by atomic mass is 10.0. The number of halogens is 7. The molecule has 106 heavy (non-hydrogen) atoms. The normalized spacial score (nSPS) is 17.2. The first-order chi connectivity index (χ1) is 49.7. The molecule has 31 nitrogen and oxygen atoms in total. The highest BCUT2D eigenvalue weighted by Crippen LogP contribution is 2.30. The van der Waals surface area contributed by atoms with Crippen molar-refractivity contribution in [1.82, 2.24) is 95.0 Å². The lowest BCUT2D eigenvalue weighted by Gasteiger charge is -2.23. The van der Waals surface area contributed by atoms with E-state index in [1.807, 2.05) is 0 Å². The number of carboxylic acid groups (broad SMARTS) is 1. The summed E-state index contributed by atoms with van der Waals surface area (Å²) in [6, 6.07) is 12.8. The fourth-order valence-electron chi connectivity index (χ4n) is 11.7. The van der Waals surface area contributed by atoms with Gasteiger partial charge < -0.3 is 36.4 Å². The van der Waals surface area contributed by atoms with Gasteiger partial charge in [-0.2, -0.15) is 15.3 Å². The van der Waals surface area contributed by atoms with Gasteiger partial charge in [0.1, 0.15) is 97.6 Å². The van der Waals surface area contributed by atoms with Crippen LogP contribution in [0.3, 0.4) is 0 Å². The first-order valence-corrected chi connectivity index (χ1v) is 34.6. The summed E-state index contributed by atoms with van der Waals surface area (Å²) in [6.07, 6.45) is 8.64. The minimum atomic E-state index is -1.33. The molecule has 12 rings (SSSR count). The number of nitrogens with two attached hydrogens (primary N) is 1. The third kappa shape index (κ3) is 20.8. The van der Waals surface area contributed by atoms with Crippen molar-refractivity contribution in [2.45, 2.75) is 122 Å². The van der Waals surface area contributed by atoms with Crippen LogP contribution in [0.15, 0.2) is 124 Å². The standard InChI is InChI=1S/C24H24BrFN6O4.C22H21BrFN7O3.C22H20BrFN6O4.ClH.H3N/c1-3-36-24(35)18-12-31(30-23(18)15-9-27-14(2)28-10-15)13-22(34)32-11-16(26)7-19(32)20(33)8-17-5-4-6-21(25)29-17;1-12-26-7-13(8-27-12)21-16(22(25)34)10-30(29-21)11-20(33)31-9-14(24)5-17(31)18(32)6-15-3-2-4-19(23)28-15;1-12-25-7-13(8-26-12)21-16(22(33)34)10-29(28-21)11-20(32)30-9-14(24)5-17(30)18(31)6-15-3-2-4-19(23)27-15;;/h4-6,9-10,12,16,19H,3,7-8,11,13H2,1-2H3;2-4,7-8,10,14,17H,5-6,9,11H2,1H3,(H2,25,34);2-4,7-8,10,14,17H,5-6,9,11H2,1H3,(H,33,34);1H;1H3/t16-,19+;2*14-,17+;;/m111../s1. The number of hydrogen-bond donors (Lipinski definition) is 3. The van der Waals surface area contributed by atoms with E-state index in [1.165, 1.54) is 84.5 Å². The number of pyridine rings is 3. The molecule has 6 N–H and O–H groups in total. The summed E-state index contributed by atoms with van der Waals surface area (Å²) in [5, 5.41) is 22.5. The van der Waals surface area contributed by atoms with Crippen LogP contribution in [-0.4, -0.2) is 210 Å². The Morgan fingerprint density at radius 2 is 0.783 bits per heavy atom. The average Bonchev–Trinajstić information content (AvgIpc) is 1.67. The van der Waals surface area contributed by atoms with Crippen LogP contribution in [0, 0.1) is 20.8 Å². The van der Waals surface area contributed by atoms with Gasteiger partial charge in [0.2, 0.25) is 17.7 Å². The van der Waals surface area contributed by atoms with Crippen LogP contribution in [-0.2, 0) is 72.4 Å².